The first-order valence-electron chi connectivity index (χ1n) is 9.10. The van der Waals surface area contributed by atoms with E-state index in [0.717, 1.165) is 28.3 Å². The summed E-state index contributed by atoms with van der Waals surface area (Å²) in [6.07, 6.45) is 1.20. The topological polar surface area (TPSA) is 94.7 Å². The smallest absolute Gasteiger partial charge is 0.283 e. The number of carbonyl (C=O) groups excluding carboxylic acids is 1. The predicted octanol–water partition coefficient (Wildman–Crippen LogP) is 2.92. The summed E-state index contributed by atoms with van der Waals surface area (Å²) < 4.78 is 29.2. The van der Waals surface area contributed by atoms with Gasteiger partial charge >= 0.3 is 0 Å². The Labute approximate surface area is 179 Å². The van der Waals surface area contributed by atoms with Gasteiger partial charge in [0.15, 0.2) is 11.2 Å². The molecule has 0 aliphatic heterocycles. The van der Waals surface area contributed by atoms with Crippen LogP contribution in [0.4, 0.5) is 14.5 Å². The van der Waals surface area contributed by atoms with Crippen molar-refractivity contribution < 1.29 is 13.6 Å². The molecule has 4 aromatic rings. The zero-order valence-corrected chi connectivity index (χ0v) is 16.9. The first-order chi connectivity index (χ1) is 14.8. The number of aryl methyl sites for hydroxylation is 1. The molecule has 2 aromatic carbocycles. The summed E-state index contributed by atoms with van der Waals surface area (Å²) in [5, 5.41) is 10.8. The van der Waals surface area contributed by atoms with Gasteiger partial charge in [-0.05, 0) is 42.3 Å². The second kappa shape index (κ2) is 8.23. The van der Waals surface area contributed by atoms with Gasteiger partial charge in [-0.2, -0.15) is 0 Å². The van der Waals surface area contributed by atoms with Crippen LogP contribution in [-0.2, 0) is 17.9 Å². The van der Waals surface area contributed by atoms with Crippen LogP contribution >= 0.6 is 11.6 Å². The molecule has 4 rings (SSSR count). The SMILES string of the molecule is Cc1ccc(Cl)cc1NC(=O)Cn1cnc2c(nnn2Cc2cc(F)cc(F)c2)c1=O. The molecule has 0 fully saturated rings. The van der Waals surface area contributed by atoms with Gasteiger partial charge in [0.25, 0.3) is 5.56 Å². The average Bonchev–Trinajstić information content (AvgIpc) is 3.09. The van der Waals surface area contributed by atoms with E-state index in [4.69, 9.17) is 11.6 Å². The lowest BCUT2D eigenvalue weighted by atomic mass is 10.2. The molecule has 8 nitrogen and oxygen atoms in total. The molecule has 0 radical (unpaired) electrons. The maximum atomic E-state index is 13.4. The van der Waals surface area contributed by atoms with Crippen molar-refractivity contribution in [2.75, 3.05) is 5.32 Å². The summed E-state index contributed by atoms with van der Waals surface area (Å²) in [5.41, 5.74) is 1.15. The van der Waals surface area contributed by atoms with E-state index in [-0.39, 0.29) is 24.3 Å². The normalized spacial score (nSPS) is 11.1. The molecule has 0 saturated heterocycles. The van der Waals surface area contributed by atoms with Gasteiger partial charge in [0.05, 0.1) is 6.54 Å². The van der Waals surface area contributed by atoms with Crippen molar-refractivity contribution in [2.45, 2.75) is 20.0 Å². The standard InChI is InChI=1S/C20H15ClF2N6O2/c1-11-2-3-13(21)6-16(11)25-17(30)9-28-10-24-19-18(20(28)31)26-27-29(19)8-12-4-14(22)7-15(23)5-12/h2-7,10H,8-9H2,1H3,(H,25,30). The molecular formula is C20H15ClF2N6O2. The lowest BCUT2D eigenvalue weighted by Gasteiger charge is -2.10. The van der Waals surface area contributed by atoms with Crippen LogP contribution in [0.15, 0.2) is 47.5 Å². The van der Waals surface area contributed by atoms with Gasteiger partial charge in [-0.15, -0.1) is 5.10 Å². The zero-order chi connectivity index (χ0) is 22.1. The molecule has 11 heteroatoms. The van der Waals surface area contributed by atoms with Gasteiger partial charge in [0.2, 0.25) is 5.91 Å². The number of fused-ring (bicyclic) bond motifs is 1. The monoisotopic (exact) mass is 444 g/mol. The van der Waals surface area contributed by atoms with E-state index in [1.807, 2.05) is 6.92 Å². The molecule has 0 saturated carbocycles. The van der Waals surface area contributed by atoms with Crippen LogP contribution in [0.2, 0.25) is 5.02 Å². The molecule has 0 atom stereocenters. The number of hydrogen-bond donors (Lipinski definition) is 1. The molecule has 158 valence electrons. The van der Waals surface area contributed by atoms with E-state index in [2.05, 4.69) is 20.6 Å². The number of benzene rings is 2. The first kappa shape index (κ1) is 20.6. The Bertz CT molecular complexity index is 1350. The molecule has 2 aromatic heterocycles. The van der Waals surface area contributed by atoms with E-state index in [1.54, 1.807) is 18.2 Å². The van der Waals surface area contributed by atoms with Crippen molar-refractivity contribution in [3.05, 3.63) is 80.9 Å². The van der Waals surface area contributed by atoms with E-state index in [9.17, 15) is 18.4 Å². The molecular weight excluding hydrogens is 430 g/mol. The average molecular weight is 445 g/mol. The third-order valence-electron chi connectivity index (χ3n) is 4.53. The van der Waals surface area contributed by atoms with Gasteiger partial charge in [-0.3, -0.25) is 14.2 Å². The van der Waals surface area contributed by atoms with Crippen LogP contribution in [0.5, 0.6) is 0 Å². The summed E-state index contributed by atoms with van der Waals surface area (Å²) in [6.45, 7) is 1.49. The van der Waals surface area contributed by atoms with Gasteiger partial charge in [-0.25, -0.2) is 18.4 Å². The van der Waals surface area contributed by atoms with Gasteiger partial charge in [-0.1, -0.05) is 22.9 Å². The third kappa shape index (κ3) is 4.43. The summed E-state index contributed by atoms with van der Waals surface area (Å²) in [5.74, 6) is -1.90. The zero-order valence-electron chi connectivity index (χ0n) is 16.1. The highest BCUT2D eigenvalue weighted by molar-refractivity contribution is 6.31. The van der Waals surface area contributed by atoms with E-state index >= 15 is 0 Å². The van der Waals surface area contributed by atoms with Gasteiger partial charge in [0, 0.05) is 16.8 Å². The number of rotatable bonds is 5. The Kier molecular flexibility index (Phi) is 5.47. The van der Waals surface area contributed by atoms with Crippen molar-refractivity contribution in [2.24, 2.45) is 0 Å². The number of halogens is 3. The molecule has 0 spiro atoms. The highest BCUT2D eigenvalue weighted by Gasteiger charge is 2.15. The molecule has 0 bridgehead atoms. The molecule has 31 heavy (non-hydrogen) atoms. The van der Waals surface area contributed by atoms with Crippen molar-refractivity contribution in [1.29, 1.82) is 0 Å². The lowest BCUT2D eigenvalue weighted by Crippen LogP contribution is -2.28. The molecule has 0 aliphatic rings. The number of anilines is 1. The number of aromatic nitrogens is 5. The summed E-state index contributed by atoms with van der Waals surface area (Å²) >= 11 is 5.95. The quantitative estimate of drug-likeness (QED) is 0.510. The maximum absolute atomic E-state index is 13.4. The Balaban J connectivity index is 1.56. The van der Waals surface area contributed by atoms with E-state index in [1.165, 1.54) is 11.0 Å². The minimum absolute atomic E-state index is 0.0316. The number of nitrogens with one attached hydrogen (secondary N) is 1. The number of amides is 1. The fourth-order valence-electron chi connectivity index (χ4n) is 3.05. The van der Waals surface area contributed by atoms with Crippen LogP contribution in [0.1, 0.15) is 11.1 Å². The Morgan fingerprint density at radius 1 is 1.16 bits per heavy atom. The Morgan fingerprint density at radius 3 is 2.65 bits per heavy atom. The predicted molar refractivity (Wildman–Crippen MR) is 110 cm³/mol. The minimum Gasteiger partial charge on any atom is -0.324 e. The number of carbonyl (C=O) groups is 1. The molecule has 1 amide bonds. The summed E-state index contributed by atoms with van der Waals surface area (Å²) in [7, 11) is 0. The van der Waals surface area contributed by atoms with Crippen LogP contribution in [-0.4, -0.2) is 30.5 Å². The largest absolute Gasteiger partial charge is 0.324 e. The Hall–Kier alpha value is -3.66. The third-order valence-corrected chi connectivity index (χ3v) is 4.77. The fourth-order valence-corrected chi connectivity index (χ4v) is 3.23. The van der Waals surface area contributed by atoms with E-state index < -0.39 is 23.1 Å². The van der Waals surface area contributed by atoms with Gasteiger partial charge < -0.3 is 5.32 Å². The van der Waals surface area contributed by atoms with Crippen molar-refractivity contribution in [1.82, 2.24) is 24.5 Å². The maximum Gasteiger partial charge on any atom is 0.283 e. The number of nitrogens with zero attached hydrogens (tertiary/aromatic N) is 5. The molecule has 1 N–H and O–H groups in total. The van der Waals surface area contributed by atoms with Crippen LogP contribution in [0, 0.1) is 18.6 Å². The lowest BCUT2D eigenvalue weighted by molar-refractivity contribution is -0.116. The highest BCUT2D eigenvalue weighted by Crippen LogP contribution is 2.20. The minimum atomic E-state index is -0.726. The van der Waals surface area contributed by atoms with Crippen LogP contribution in [0.25, 0.3) is 11.2 Å². The fraction of sp³-hybridized carbons (Fsp3) is 0.150. The van der Waals surface area contributed by atoms with E-state index in [0.29, 0.717) is 16.3 Å². The number of hydrogen-bond acceptors (Lipinski definition) is 5. The van der Waals surface area contributed by atoms with Crippen molar-refractivity contribution >= 4 is 34.4 Å². The van der Waals surface area contributed by atoms with Gasteiger partial charge in [0.1, 0.15) is 24.5 Å². The van der Waals surface area contributed by atoms with Crippen LogP contribution in [0.3, 0.4) is 0 Å². The summed E-state index contributed by atoms with van der Waals surface area (Å²) in [6, 6.07) is 8.15. The van der Waals surface area contributed by atoms with Crippen LogP contribution < -0.4 is 10.9 Å². The second-order valence-corrected chi connectivity index (χ2v) is 7.32. The molecule has 2 heterocycles. The molecule has 0 unspecified atom stereocenters. The Morgan fingerprint density at radius 2 is 1.90 bits per heavy atom. The van der Waals surface area contributed by atoms with Crippen molar-refractivity contribution in [3.8, 4) is 0 Å². The highest BCUT2D eigenvalue weighted by atomic mass is 35.5. The second-order valence-electron chi connectivity index (χ2n) is 6.88. The van der Waals surface area contributed by atoms with Crippen molar-refractivity contribution in [3.63, 3.8) is 0 Å². The molecule has 0 aliphatic carbocycles. The first-order valence-corrected chi connectivity index (χ1v) is 9.47. The summed E-state index contributed by atoms with van der Waals surface area (Å²) in [4.78, 5) is 29.2.